The van der Waals surface area contributed by atoms with E-state index in [-0.39, 0.29) is 23.4 Å². The average Bonchev–Trinajstić information content (AvgIpc) is 2.60. The van der Waals surface area contributed by atoms with E-state index in [4.69, 9.17) is 4.74 Å². The molecule has 5 nitrogen and oxygen atoms in total. The first-order valence-electron chi connectivity index (χ1n) is 5.12. The Morgan fingerprint density at radius 3 is 2.62 bits per heavy atom. The van der Waals surface area contributed by atoms with Gasteiger partial charge in [0.05, 0.1) is 18.3 Å². The first-order chi connectivity index (χ1) is 7.41. The van der Waals surface area contributed by atoms with Gasteiger partial charge in [-0.15, -0.1) is 0 Å². The molecule has 5 heteroatoms. The molecular weight excluding hydrogens is 208 g/mol. The van der Waals surface area contributed by atoms with Gasteiger partial charge in [0.1, 0.15) is 11.3 Å². The van der Waals surface area contributed by atoms with Crippen LogP contribution in [0.3, 0.4) is 0 Å². The largest absolute Gasteiger partial charge is 0.462 e. The number of aldehydes is 1. The minimum absolute atomic E-state index is 0.215. The van der Waals surface area contributed by atoms with E-state index in [0.717, 1.165) is 0 Å². The Labute approximate surface area is 94.4 Å². The molecule has 0 aliphatic heterocycles. The molecule has 0 unspecified atom stereocenters. The van der Waals surface area contributed by atoms with Gasteiger partial charge in [0.25, 0.3) is 0 Å². The van der Waals surface area contributed by atoms with Crippen molar-refractivity contribution in [1.82, 2.24) is 9.78 Å². The molecule has 0 radical (unpaired) electrons. The molecule has 0 aliphatic rings. The number of hydrogen-bond acceptors (Lipinski definition) is 4. The summed E-state index contributed by atoms with van der Waals surface area (Å²) in [4.78, 5) is 22.5. The Morgan fingerprint density at radius 2 is 2.19 bits per heavy atom. The van der Waals surface area contributed by atoms with Crippen LogP contribution in [0.25, 0.3) is 0 Å². The molecule has 16 heavy (non-hydrogen) atoms. The Balaban J connectivity index is 3.19. The van der Waals surface area contributed by atoms with Gasteiger partial charge < -0.3 is 4.74 Å². The maximum Gasteiger partial charge on any atom is 0.342 e. The molecule has 0 aliphatic carbocycles. The minimum Gasteiger partial charge on any atom is -0.462 e. The summed E-state index contributed by atoms with van der Waals surface area (Å²) in [6, 6.07) is 0. The van der Waals surface area contributed by atoms with E-state index >= 15 is 0 Å². The van der Waals surface area contributed by atoms with Crippen molar-refractivity contribution >= 4 is 12.3 Å². The lowest BCUT2D eigenvalue weighted by Gasteiger charge is -2.20. The first kappa shape index (κ1) is 12.4. The van der Waals surface area contributed by atoms with Gasteiger partial charge in [-0.2, -0.15) is 5.10 Å². The molecule has 88 valence electrons. The van der Waals surface area contributed by atoms with Gasteiger partial charge >= 0.3 is 5.97 Å². The van der Waals surface area contributed by atoms with Gasteiger partial charge in [-0.05, 0) is 27.7 Å². The highest BCUT2D eigenvalue weighted by atomic mass is 16.5. The average molecular weight is 224 g/mol. The molecule has 0 amide bonds. The smallest absolute Gasteiger partial charge is 0.342 e. The number of rotatable bonds is 3. The van der Waals surface area contributed by atoms with E-state index in [9.17, 15) is 9.59 Å². The molecule has 0 spiro atoms. The maximum absolute atomic E-state index is 11.5. The molecule has 0 saturated carbocycles. The fourth-order valence-corrected chi connectivity index (χ4v) is 1.37. The standard InChI is InChI=1S/C11H16N2O3/c1-5-16-10(15)8-6-12-13(9(8)7-14)11(2,3)4/h6-7H,5H2,1-4H3. The van der Waals surface area contributed by atoms with Gasteiger partial charge in [-0.3, -0.25) is 9.48 Å². The van der Waals surface area contributed by atoms with E-state index < -0.39 is 5.97 Å². The third-order valence-electron chi connectivity index (χ3n) is 2.05. The molecule has 0 N–H and O–H groups in total. The highest BCUT2D eigenvalue weighted by Crippen LogP contribution is 2.18. The third kappa shape index (κ3) is 2.29. The highest BCUT2D eigenvalue weighted by Gasteiger charge is 2.24. The molecular formula is C11H16N2O3. The number of aromatic nitrogens is 2. The lowest BCUT2D eigenvalue weighted by atomic mass is 10.1. The van der Waals surface area contributed by atoms with Crippen molar-refractivity contribution in [3.8, 4) is 0 Å². The van der Waals surface area contributed by atoms with E-state index in [1.807, 2.05) is 20.8 Å². The van der Waals surface area contributed by atoms with Crippen molar-refractivity contribution in [2.45, 2.75) is 33.2 Å². The van der Waals surface area contributed by atoms with Crippen molar-refractivity contribution in [2.75, 3.05) is 6.61 Å². The molecule has 0 bridgehead atoms. The number of carbonyl (C=O) groups excluding carboxylic acids is 2. The van der Waals surface area contributed by atoms with Crippen LogP contribution >= 0.6 is 0 Å². The molecule has 1 heterocycles. The summed E-state index contributed by atoms with van der Waals surface area (Å²) in [5.41, 5.74) is 0.124. The molecule has 1 aromatic heterocycles. The van der Waals surface area contributed by atoms with Crippen molar-refractivity contribution in [3.05, 3.63) is 17.5 Å². The lowest BCUT2D eigenvalue weighted by molar-refractivity contribution is 0.0523. The molecule has 0 aromatic carbocycles. The van der Waals surface area contributed by atoms with Crippen LogP contribution in [0.5, 0.6) is 0 Å². The highest BCUT2D eigenvalue weighted by molar-refractivity contribution is 5.97. The Hall–Kier alpha value is -1.65. The van der Waals surface area contributed by atoms with E-state index in [0.29, 0.717) is 6.29 Å². The van der Waals surface area contributed by atoms with Crippen LogP contribution in [-0.2, 0) is 10.3 Å². The third-order valence-corrected chi connectivity index (χ3v) is 2.05. The fraction of sp³-hybridized carbons (Fsp3) is 0.545. The van der Waals surface area contributed by atoms with Crippen molar-refractivity contribution in [3.63, 3.8) is 0 Å². The Kier molecular flexibility index (Phi) is 3.47. The summed E-state index contributed by atoms with van der Waals surface area (Å²) < 4.78 is 6.37. The minimum atomic E-state index is -0.514. The zero-order valence-corrected chi connectivity index (χ0v) is 9.98. The fourth-order valence-electron chi connectivity index (χ4n) is 1.37. The molecule has 0 saturated heterocycles. The van der Waals surface area contributed by atoms with Crippen molar-refractivity contribution in [2.24, 2.45) is 0 Å². The van der Waals surface area contributed by atoms with Crippen LogP contribution in [-0.4, -0.2) is 28.6 Å². The Bertz CT molecular complexity index is 402. The molecule has 1 rings (SSSR count). The van der Waals surface area contributed by atoms with Gasteiger partial charge in [0.2, 0.25) is 0 Å². The topological polar surface area (TPSA) is 61.2 Å². The summed E-state index contributed by atoms with van der Waals surface area (Å²) in [6.07, 6.45) is 2.00. The summed E-state index contributed by atoms with van der Waals surface area (Å²) >= 11 is 0. The number of carbonyl (C=O) groups is 2. The van der Waals surface area contributed by atoms with Gasteiger partial charge in [-0.1, -0.05) is 0 Å². The SMILES string of the molecule is CCOC(=O)c1cnn(C(C)(C)C)c1C=O. The summed E-state index contributed by atoms with van der Waals surface area (Å²) in [5.74, 6) is -0.514. The second-order valence-electron chi connectivity index (χ2n) is 4.36. The molecule has 0 atom stereocenters. The number of ether oxygens (including phenoxy) is 1. The number of nitrogens with zero attached hydrogens (tertiary/aromatic N) is 2. The first-order valence-corrected chi connectivity index (χ1v) is 5.12. The number of esters is 1. The van der Waals surface area contributed by atoms with E-state index in [1.165, 1.54) is 10.9 Å². The second kappa shape index (κ2) is 4.47. The normalized spacial score (nSPS) is 11.2. The molecule has 0 fully saturated rings. The van der Waals surface area contributed by atoms with Crippen molar-refractivity contribution < 1.29 is 14.3 Å². The van der Waals surface area contributed by atoms with E-state index in [2.05, 4.69) is 5.10 Å². The number of hydrogen-bond donors (Lipinski definition) is 0. The summed E-state index contributed by atoms with van der Waals surface area (Å²) in [5, 5.41) is 4.05. The van der Waals surface area contributed by atoms with Crippen LogP contribution in [0.1, 0.15) is 48.5 Å². The van der Waals surface area contributed by atoms with Gasteiger partial charge in [-0.25, -0.2) is 4.79 Å². The predicted molar refractivity (Wildman–Crippen MR) is 58.6 cm³/mol. The quantitative estimate of drug-likeness (QED) is 0.578. The van der Waals surface area contributed by atoms with Crippen LogP contribution in [0, 0.1) is 0 Å². The molecule has 1 aromatic rings. The van der Waals surface area contributed by atoms with Crippen molar-refractivity contribution in [1.29, 1.82) is 0 Å². The Morgan fingerprint density at radius 1 is 1.56 bits per heavy atom. The zero-order valence-electron chi connectivity index (χ0n) is 9.98. The van der Waals surface area contributed by atoms with Gasteiger partial charge in [0, 0.05) is 0 Å². The van der Waals surface area contributed by atoms with Crippen LogP contribution in [0.15, 0.2) is 6.20 Å². The predicted octanol–water partition coefficient (Wildman–Crippen LogP) is 1.63. The maximum atomic E-state index is 11.5. The summed E-state index contributed by atoms with van der Waals surface area (Å²) in [6.45, 7) is 7.70. The van der Waals surface area contributed by atoms with Gasteiger partial charge in [0.15, 0.2) is 6.29 Å². The second-order valence-corrected chi connectivity index (χ2v) is 4.36. The zero-order chi connectivity index (χ0) is 12.3. The summed E-state index contributed by atoms with van der Waals surface area (Å²) in [7, 11) is 0. The van der Waals surface area contributed by atoms with E-state index in [1.54, 1.807) is 6.92 Å². The lowest BCUT2D eigenvalue weighted by Crippen LogP contribution is -2.25. The monoisotopic (exact) mass is 224 g/mol. The van der Waals surface area contributed by atoms with Crippen LogP contribution < -0.4 is 0 Å². The van der Waals surface area contributed by atoms with Crippen LogP contribution in [0.4, 0.5) is 0 Å². The van der Waals surface area contributed by atoms with Crippen LogP contribution in [0.2, 0.25) is 0 Å².